The molecule has 2 N–H and O–H groups in total. The fraction of sp³-hybridized carbons (Fsp3) is 0.385. The van der Waals surface area contributed by atoms with E-state index in [9.17, 15) is 9.59 Å². The third-order valence-electron chi connectivity index (χ3n) is 5.74. The van der Waals surface area contributed by atoms with Crippen molar-refractivity contribution < 1.29 is 14.7 Å². The van der Waals surface area contributed by atoms with Crippen molar-refractivity contribution in [3.63, 3.8) is 0 Å². The number of nitrogens with one attached hydrogen (secondary N) is 1. The molecule has 2 aromatic rings. The number of carboxylic acid groups (broad SMARTS) is 1. The lowest BCUT2D eigenvalue weighted by atomic mass is 9.87. The van der Waals surface area contributed by atoms with Crippen LogP contribution in [0.5, 0.6) is 0 Å². The standard InChI is InChI=1S/C26H28ClNO3/c1-17-13-20(10-6-9-19-7-4-3-5-8-19)14-18(2)25(17)26(31)28-23-15-21(16-24(29)30)11-12-22(23)27/h11-15,19H,3-5,7-9,16H2,1-2H3,(H,28,31)(H,29,30). The van der Waals surface area contributed by atoms with Gasteiger partial charge in [0, 0.05) is 17.5 Å². The number of aryl methyl sites for hydroxylation is 2. The van der Waals surface area contributed by atoms with Crippen LogP contribution in [0.4, 0.5) is 5.69 Å². The van der Waals surface area contributed by atoms with E-state index >= 15 is 0 Å². The molecule has 1 fully saturated rings. The van der Waals surface area contributed by atoms with E-state index < -0.39 is 5.97 Å². The summed E-state index contributed by atoms with van der Waals surface area (Å²) in [7, 11) is 0. The van der Waals surface area contributed by atoms with Gasteiger partial charge in [0.05, 0.1) is 17.1 Å². The lowest BCUT2D eigenvalue weighted by Crippen LogP contribution is -2.16. The molecular formula is C26H28ClNO3. The van der Waals surface area contributed by atoms with Gasteiger partial charge in [0.25, 0.3) is 5.91 Å². The van der Waals surface area contributed by atoms with Gasteiger partial charge in [-0.25, -0.2) is 0 Å². The first-order valence-electron chi connectivity index (χ1n) is 10.7. The van der Waals surface area contributed by atoms with Crippen LogP contribution < -0.4 is 5.32 Å². The number of aliphatic carboxylic acids is 1. The number of hydrogen-bond donors (Lipinski definition) is 2. The highest BCUT2D eigenvalue weighted by molar-refractivity contribution is 6.34. The fourth-order valence-electron chi connectivity index (χ4n) is 4.22. The molecule has 31 heavy (non-hydrogen) atoms. The van der Waals surface area contributed by atoms with Gasteiger partial charge in [0.15, 0.2) is 0 Å². The van der Waals surface area contributed by atoms with E-state index in [0.29, 0.717) is 21.8 Å². The van der Waals surface area contributed by atoms with Gasteiger partial charge in [-0.3, -0.25) is 9.59 Å². The van der Waals surface area contributed by atoms with Gasteiger partial charge in [-0.15, -0.1) is 0 Å². The van der Waals surface area contributed by atoms with Crippen LogP contribution in [0.1, 0.15) is 71.1 Å². The molecule has 1 aliphatic carbocycles. The summed E-state index contributed by atoms with van der Waals surface area (Å²) in [5.41, 5.74) is 4.17. The topological polar surface area (TPSA) is 66.4 Å². The first-order valence-corrected chi connectivity index (χ1v) is 11.1. The Hall–Kier alpha value is -2.77. The number of halogens is 1. The molecule has 0 aliphatic heterocycles. The van der Waals surface area contributed by atoms with Crippen molar-refractivity contribution in [2.75, 3.05) is 5.32 Å². The Balaban J connectivity index is 1.74. The van der Waals surface area contributed by atoms with E-state index in [0.717, 1.165) is 29.0 Å². The van der Waals surface area contributed by atoms with Gasteiger partial charge in [-0.2, -0.15) is 0 Å². The summed E-state index contributed by atoms with van der Waals surface area (Å²) in [5.74, 6) is 6.10. The highest BCUT2D eigenvalue weighted by Gasteiger charge is 2.16. The van der Waals surface area contributed by atoms with Crippen LogP contribution >= 0.6 is 11.6 Å². The molecule has 0 atom stereocenters. The molecule has 3 rings (SSSR count). The number of hydrogen-bond acceptors (Lipinski definition) is 2. The lowest BCUT2D eigenvalue weighted by molar-refractivity contribution is -0.136. The van der Waals surface area contributed by atoms with Crippen LogP contribution in [-0.2, 0) is 11.2 Å². The van der Waals surface area contributed by atoms with E-state index in [4.69, 9.17) is 16.7 Å². The van der Waals surface area contributed by atoms with Crippen LogP contribution in [0.15, 0.2) is 30.3 Å². The third-order valence-corrected chi connectivity index (χ3v) is 6.07. The second-order valence-electron chi connectivity index (χ2n) is 8.33. The van der Waals surface area contributed by atoms with Gasteiger partial charge in [-0.1, -0.05) is 48.8 Å². The highest BCUT2D eigenvalue weighted by Crippen LogP contribution is 2.27. The average Bonchev–Trinajstić information content (AvgIpc) is 2.70. The molecule has 0 spiro atoms. The normalized spacial score (nSPS) is 13.9. The van der Waals surface area contributed by atoms with E-state index in [1.165, 1.54) is 32.1 Å². The van der Waals surface area contributed by atoms with Gasteiger partial charge in [0.2, 0.25) is 0 Å². The first-order chi connectivity index (χ1) is 14.8. The molecule has 0 heterocycles. The lowest BCUT2D eigenvalue weighted by Gasteiger charge is -2.18. The molecule has 0 bridgehead atoms. The SMILES string of the molecule is Cc1cc(C#CCC2CCCCC2)cc(C)c1C(=O)Nc1cc(CC(=O)O)ccc1Cl. The summed E-state index contributed by atoms with van der Waals surface area (Å²) >= 11 is 6.21. The summed E-state index contributed by atoms with van der Waals surface area (Å²) in [6, 6.07) is 8.73. The van der Waals surface area contributed by atoms with E-state index in [1.54, 1.807) is 18.2 Å². The van der Waals surface area contributed by atoms with Crippen molar-refractivity contribution in [1.82, 2.24) is 0 Å². The predicted molar refractivity (Wildman–Crippen MR) is 125 cm³/mol. The smallest absolute Gasteiger partial charge is 0.307 e. The summed E-state index contributed by atoms with van der Waals surface area (Å²) in [5, 5.41) is 12.2. The summed E-state index contributed by atoms with van der Waals surface area (Å²) in [6.07, 6.45) is 7.35. The quantitative estimate of drug-likeness (QED) is 0.550. The zero-order valence-corrected chi connectivity index (χ0v) is 18.8. The molecule has 0 unspecified atom stereocenters. The predicted octanol–water partition coefficient (Wildman–Crippen LogP) is 6.16. The van der Waals surface area contributed by atoms with E-state index in [-0.39, 0.29) is 12.3 Å². The minimum atomic E-state index is -0.938. The Morgan fingerprint density at radius 3 is 2.42 bits per heavy atom. The number of carboxylic acids is 1. The Morgan fingerprint density at radius 2 is 1.77 bits per heavy atom. The van der Waals surface area contributed by atoms with Crippen LogP contribution in [-0.4, -0.2) is 17.0 Å². The Kier molecular flexibility index (Phi) is 7.76. The van der Waals surface area contributed by atoms with Crippen molar-refractivity contribution in [2.24, 2.45) is 5.92 Å². The minimum absolute atomic E-state index is 0.133. The maximum atomic E-state index is 13.0. The second kappa shape index (κ2) is 10.5. The Morgan fingerprint density at radius 1 is 1.10 bits per heavy atom. The van der Waals surface area contributed by atoms with Crippen LogP contribution in [0.3, 0.4) is 0 Å². The van der Waals surface area contributed by atoms with Crippen molar-refractivity contribution in [2.45, 2.75) is 58.8 Å². The van der Waals surface area contributed by atoms with Crippen molar-refractivity contribution in [3.8, 4) is 11.8 Å². The van der Waals surface area contributed by atoms with Crippen LogP contribution in [0, 0.1) is 31.6 Å². The first kappa shape index (κ1) is 22.9. The van der Waals surface area contributed by atoms with Crippen molar-refractivity contribution >= 4 is 29.2 Å². The highest BCUT2D eigenvalue weighted by atomic mass is 35.5. The largest absolute Gasteiger partial charge is 0.481 e. The summed E-state index contributed by atoms with van der Waals surface area (Å²) < 4.78 is 0. The number of anilines is 1. The Labute approximate surface area is 189 Å². The molecule has 4 nitrogen and oxygen atoms in total. The zero-order chi connectivity index (χ0) is 22.4. The molecule has 0 saturated heterocycles. The molecule has 0 aromatic heterocycles. The van der Waals surface area contributed by atoms with E-state index in [2.05, 4.69) is 17.2 Å². The van der Waals surface area contributed by atoms with Crippen molar-refractivity contribution in [3.05, 3.63) is 63.2 Å². The van der Waals surface area contributed by atoms with Gasteiger partial charge in [0.1, 0.15) is 0 Å². The maximum absolute atomic E-state index is 13.0. The third kappa shape index (κ3) is 6.35. The molecule has 5 heteroatoms. The molecule has 1 saturated carbocycles. The average molecular weight is 438 g/mol. The van der Waals surface area contributed by atoms with Crippen molar-refractivity contribution in [1.29, 1.82) is 0 Å². The van der Waals surface area contributed by atoms with Crippen LogP contribution in [0.2, 0.25) is 5.02 Å². The molecule has 2 aromatic carbocycles. The fourth-order valence-corrected chi connectivity index (χ4v) is 4.38. The number of rotatable bonds is 5. The molecular weight excluding hydrogens is 410 g/mol. The minimum Gasteiger partial charge on any atom is -0.481 e. The number of carbonyl (C=O) groups is 2. The van der Waals surface area contributed by atoms with E-state index in [1.807, 2.05) is 26.0 Å². The number of carbonyl (C=O) groups excluding carboxylic acids is 1. The van der Waals surface area contributed by atoms with Gasteiger partial charge in [-0.05, 0) is 73.6 Å². The molecule has 162 valence electrons. The summed E-state index contributed by atoms with van der Waals surface area (Å²) in [4.78, 5) is 23.9. The number of amides is 1. The maximum Gasteiger partial charge on any atom is 0.307 e. The van der Waals surface area contributed by atoms with Gasteiger partial charge < -0.3 is 10.4 Å². The Bertz CT molecular complexity index is 1020. The second-order valence-corrected chi connectivity index (χ2v) is 8.74. The zero-order valence-electron chi connectivity index (χ0n) is 18.1. The molecule has 1 aliphatic rings. The molecule has 0 radical (unpaired) electrons. The summed E-state index contributed by atoms with van der Waals surface area (Å²) in [6.45, 7) is 3.80. The monoisotopic (exact) mass is 437 g/mol. The van der Waals surface area contributed by atoms with Gasteiger partial charge >= 0.3 is 5.97 Å². The molecule has 1 amide bonds. The van der Waals surface area contributed by atoms with Crippen LogP contribution in [0.25, 0.3) is 0 Å². The number of benzene rings is 2.